The number of hydrogen-bond donors (Lipinski definition) is 0. The maximum absolute atomic E-state index is 12.8. The minimum atomic E-state index is -4.96. The van der Waals surface area contributed by atoms with Crippen LogP contribution in [0.25, 0.3) is 11.1 Å². The van der Waals surface area contributed by atoms with E-state index in [1.807, 2.05) is 0 Å². The molecule has 0 aliphatic rings. The number of alkyl halides is 6. The molecule has 0 aliphatic carbocycles. The van der Waals surface area contributed by atoms with Crippen LogP contribution >= 0.6 is 11.6 Å². The number of hydrogen-bond acceptors (Lipinski definition) is 2. The van der Waals surface area contributed by atoms with Crippen LogP contribution in [-0.4, -0.2) is 11.6 Å². The Morgan fingerprint density at radius 3 is 2.17 bits per heavy atom. The third-order valence-corrected chi connectivity index (χ3v) is 3.14. The maximum Gasteiger partial charge on any atom is 0.573 e. The smallest absolute Gasteiger partial charge is 0.406 e. The van der Waals surface area contributed by atoms with Crippen LogP contribution < -0.4 is 4.74 Å². The van der Waals surface area contributed by atoms with E-state index >= 15 is 0 Å². The third-order valence-electron chi connectivity index (χ3n) is 2.94. The maximum atomic E-state index is 12.8. The van der Waals surface area contributed by atoms with Crippen LogP contribution in [0.3, 0.4) is 0 Å². The second kappa shape index (κ2) is 6.35. The van der Waals surface area contributed by atoms with Gasteiger partial charge in [-0.3, -0.25) is 4.79 Å². The van der Waals surface area contributed by atoms with E-state index in [2.05, 4.69) is 4.74 Å². The van der Waals surface area contributed by atoms with Gasteiger partial charge in [-0.05, 0) is 53.1 Å². The van der Waals surface area contributed by atoms with E-state index in [0.29, 0.717) is 12.1 Å². The van der Waals surface area contributed by atoms with E-state index in [4.69, 9.17) is 11.6 Å². The fraction of sp³-hybridized carbons (Fsp3) is 0.133. The molecule has 9 heteroatoms. The highest BCUT2D eigenvalue weighted by Gasteiger charge is 2.32. The molecule has 0 radical (unpaired) electrons. The quantitative estimate of drug-likeness (QED) is 0.517. The van der Waals surface area contributed by atoms with Gasteiger partial charge in [-0.15, -0.1) is 13.2 Å². The molecule has 0 amide bonds. The predicted octanol–water partition coefficient (Wildman–Crippen LogP) is 5.65. The minimum absolute atomic E-state index is 0.0770. The molecule has 2 nitrogen and oxygen atoms in total. The van der Waals surface area contributed by atoms with Gasteiger partial charge in [-0.25, -0.2) is 0 Å². The molecular weight excluding hydrogens is 362 g/mol. The van der Waals surface area contributed by atoms with Gasteiger partial charge in [-0.1, -0.05) is 12.1 Å². The van der Waals surface area contributed by atoms with Crippen molar-refractivity contribution in [2.24, 2.45) is 0 Å². The van der Waals surface area contributed by atoms with Crippen molar-refractivity contribution >= 4 is 16.8 Å². The topological polar surface area (TPSA) is 26.3 Å². The molecule has 0 atom stereocenters. The molecule has 2 aromatic carbocycles. The van der Waals surface area contributed by atoms with Gasteiger partial charge in [0.15, 0.2) is 0 Å². The largest absolute Gasteiger partial charge is 0.573 e. The number of halogens is 7. The Kier molecular flexibility index (Phi) is 4.80. The standard InChI is InChI=1S/C15H7ClF6O2/c16-13(23)11-5-4-9(14(17,18)19)7-12(11)8-2-1-3-10(6-8)24-15(20,21)22/h1-7H. The van der Waals surface area contributed by atoms with Gasteiger partial charge in [0.05, 0.1) is 5.56 Å². The van der Waals surface area contributed by atoms with Crippen molar-refractivity contribution in [1.29, 1.82) is 0 Å². The van der Waals surface area contributed by atoms with Crippen molar-refractivity contribution in [1.82, 2.24) is 0 Å². The molecule has 0 aromatic heterocycles. The van der Waals surface area contributed by atoms with Crippen LogP contribution in [0.5, 0.6) is 5.75 Å². The number of carbonyl (C=O) groups is 1. The van der Waals surface area contributed by atoms with Crippen molar-refractivity contribution < 1.29 is 35.9 Å². The van der Waals surface area contributed by atoms with Gasteiger partial charge in [0.2, 0.25) is 0 Å². The summed E-state index contributed by atoms with van der Waals surface area (Å²) in [6.07, 6.45) is -9.65. The van der Waals surface area contributed by atoms with E-state index in [0.717, 1.165) is 24.3 Å². The summed E-state index contributed by atoms with van der Waals surface area (Å²) in [6, 6.07) is 6.41. The van der Waals surface area contributed by atoms with Gasteiger partial charge in [0.1, 0.15) is 5.75 Å². The second-order valence-electron chi connectivity index (χ2n) is 4.61. The van der Waals surface area contributed by atoms with Gasteiger partial charge in [-0.2, -0.15) is 13.2 Å². The average molecular weight is 369 g/mol. The first-order chi connectivity index (χ1) is 11.0. The van der Waals surface area contributed by atoms with Gasteiger partial charge in [0, 0.05) is 5.56 Å². The van der Waals surface area contributed by atoms with Crippen LogP contribution in [0.4, 0.5) is 26.3 Å². The molecule has 0 unspecified atom stereocenters. The van der Waals surface area contributed by atoms with E-state index in [1.54, 1.807) is 0 Å². The molecule has 0 spiro atoms. The Morgan fingerprint density at radius 2 is 1.62 bits per heavy atom. The summed E-state index contributed by atoms with van der Waals surface area (Å²) >= 11 is 5.34. The van der Waals surface area contributed by atoms with Crippen LogP contribution in [-0.2, 0) is 6.18 Å². The van der Waals surface area contributed by atoms with E-state index in [9.17, 15) is 31.1 Å². The van der Waals surface area contributed by atoms with Crippen LogP contribution in [0.2, 0.25) is 0 Å². The third kappa shape index (κ3) is 4.41. The summed E-state index contributed by atoms with van der Waals surface area (Å²) in [6.45, 7) is 0. The monoisotopic (exact) mass is 368 g/mol. The molecule has 0 saturated carbocycles. The summed E-state index contributed by atoms with van der Waals surface area (Å²) in [7, 11) is 0. The highest BCUT2D eigenvalue weighted by atomic mass is 35.5. The second-order valence-corrected chi connectivity index (χ2v) is 4.95. The molecule has 2 rings (SSSR count). The number of benzene rings is 2. The first kappa shape index (κ1) is 18.1. The first-order valence-corrected chi connectivity index (χ1v) is 6.62. The van der Waals surface area contributed by atoms with Crippen molar-refractivity contribution in [2.75, 3.05) is 0 Å². The van der Waals surface area contributed by atoms with Crippen LogP contribution in [0.15, 0.2) is 42.5 Å². The fourth-order valence-corrected chi connectivity index (χ4v) is 2.16. The lowest BCUT2D eigenvalue weighted by Crippen LogP contribution is -2.17. The zero-order valence-electron chi connectivity index (χ0n) is 11.5. The van der Waals surface area contributed by atoms with Gasteiger partial charge >= 0.3 is 12.5 Å². The van der Waals surface area contributed by atoms with Crippen LogP contribution in [0.1, 0.15) is 15.9 Å². The highest BCUT2D eigenvalue weighted by molar-refractivity contribution is 6.68. The Morgan fingerprint density at radius 1 is 0.958 bits per heavy atom. The summed E-state index contributed by atoms with van der Waals surface area (Å²) < 4.78 is 79.0. The number of carbonyl (C=O) groups excluding carboxylic acids is 1. The summed E-state index contributed by atoms with van der Waals surface area (Å²) in [5.74, 6) is -0.634. The lowest BCUT2D eigenvalue weighted by molar-refractivity contribution is -0.274. The zero-order valence-corrected chi connectivity index (χ0v) is 12.3. The summed E-state index contributed by atoms with van der Waals surface area (Å²) in [5, 5.41) is -1.04. The SMILES string of the molecule is O=C(Cl)c1ccc(C(F)(F)F)cc1-c1cccc(OC(F)(F)F)c1. The molecule has 0 aliphatic heterocycles. The van der Waals surface area contributed by atoms with Crippen molar-refractivity contribution in [2.45, 2.75) is 12.5 Å². The molecule has 0 N–H and O–H groups in total. The van der Waals surface area contributed by atoms with Crippen LogP contribution in [0, 0.1) is 0 Å². The number of ether oxygens (including phenoxy) is 1. The average Bonchev–Trinajstić information content (AvgIpc) is 2.44. The highest BCUT2D eigenvalue weighted by Crippen LogP contribution is 2.36. The summed E-state index contributed by atoms with van der Waals surface area (Å²) in [4.78, 5) is 11.4. The molecule has 24 heavy (non-hydrogen) atoms. The molecule has 128 valence electrons. The summed E-state index contributed by atoms with van der Waals surface area (Å²) in [5.41, 5.74) is -1.67. The molecule has 2 aromatic rings. The molecule has 0 saturated heterocycles. The molecule has 0 heterocycles. The normalized spacial score (nSPS) is 12.1. The lowest BCUT2D eigenvalue weighted by Gasteiger charge is -2.13. The minimum Gasteiger partial charge on any atom is -0.406 e. The van der Waals surface area contributed by atoms with E-state index in [1.165, 1.54) is 6.07 Å². The number of rotatable bonds is 3. The van der Waals surface area contributed by atoms with Gasteiger partial charge < -0.3 is 4.74 Å². The predicted molar refractivity (Wildman–Crippen MR) is 73.7 cm³/mol. The lowest BCUT2D eigenvalue weighted by atomic mass is 9.97. The van der Waals surface area contributed by atoms with E-state index < -0.39 is 29.1 Å². The van der Waals surface area contributed by atoms with Crippen molar-refractivity contribution in [3.8, 4) is 16.9 Å². The molecule has 0 fully saturated rings. The Balaban J connectivity index is 2.58. The zero-order chi connectivity index (χ0) is 18.1. The van der Waals surface area contributed by atoms with Gasteiger partial charge in [0.25, 0.3) is 5.24 Å². The van der Waals surface area contributed by atoms with Crippen molar-refractivity contribution in [3.05, 3.63) is 53.6 Å². The Hall–Kier alpha value is -2.22. The molecule has 0 bridgehead atoms. The molecular formula is C15H7ClF6O2. The van der Waals surface area contributed by atoms with Crippen molar-refractivity contribution in [3.63, 3.8) is 0 Å². The van der Waals surface area contributed by atoms with E-state index in [-0.39, 0.29) is 16.7 Å². The Bertz CT molecular complexity index is 767. The first-order valence-electron chi connectivity index (χ1n) is 6.24. The Labute approximate surface area is 136 Å². The fourth-order valence-electron chi connectivity index (χ4n) is 1.99.